The molecule has 0 aliphatic carbocycles. The first-order valence-electron chi connectivity index (χ1n) is 9.51. The predicted molar refractivity (Wildman–Crippen MR) is 110 cm³/mol. The lowest BCUT2D eigenvalue weighted by Crippen LogP contribution is -2.15. The van der Waals surface area contributed by atoms with Crippen LogP contribution < -0.4 is 10.1 Å². The molecule has 0 saturated carbocycles. The van der Waals surface area contributed by atoms with Gasteiger partial charge < -0.3 is 19.3 Å². The summed E-state index contributed by atoms with van der Waals surface area (Å²) < 4.78 is 53.2. The molecule has 0 atom stereocenters. The molecule has 2 aromatic carbocycles. The molecule has 11 heteroatoms. The molecule has 1 amide bonds. The third-order valence-electron chi connectivity index (χ3n) is 4.17. The van der Waals surface area contributed by atoms with Crippen molar-refractivity contribution in [1.29, 1.82) is 0 Å². The van der Waals surface area contributed by atoms with Crippen LogP contribution in [0.4, 0.5) is 18.9 Å². The Morgan fingerprint density at radius 2 is 1.94 bits per heavy atom. The summed E-state index contributed by atoms with van der Waals surface area (Å²) in [5.74, 6) is -0.706. The van der Waals surface area contributed by atoms with Crippen molar-refractivity contribution in [2.75, 3.05) is 12.4 Å². The van der Waals surface area contributed by atoms with Crippen LogP contribution in [0.25, 0.3) is 6.08 Å². The zero-order valence-electron chi connectivity index (χ0n) is 17.3. The Kier molecular flexibility index (Phi) is 7.44. The number of alkyl halides is 3. The second kappa shape index (κ2) is 10.4. The largest absolute Gasteiger partial charge is 0.495 e. The first-order chi connectivity index (χ1) is 15.7. The lowest BCUT2D eigenvalue weighted by Gasteiger charge is -2.08. The van der Waals surface area contributed by atoms with Crippen LogP contribution in [0.2, 0.25) is 0 Å². The number of aromatic nitrogens is 2. The van der Waals surface area contributed by atoms with E-state index in [-0.39, 0.29) is 30.3 Å². The van der Waals surface area contributed by atoms with Crippen LogP contribution in [0.5, 0.6) is 5.75 Å². The van der Waals surface area contributed by atoms with Crippen molar-refractivity contribution in [3.8, 4) is 5.75 Å². The van der Waals surface area contributed by atoms with Gasteiger partial charge in [0.05, 0.1) is 24.8 Å². The summed E-state index contributed by atoms with van der Waals surface area (Å²) in [5.41, 5.74) is -0.163. The van der Waals surface area contributed by atoms with Gasteiger partial charge in [-0.15, -0.1) is 0 Å². The van der Waals surface area contributed by atoms with Crippen molar-refractivity contribution in [2.45, 2.75) is 19.2 Å². The minimum absolute atomic E-state index is 0.0455. The van der Waals surface area contributed by atoms with Gasteiger partial charge in [-0.2, -0.15) is 18.2 Å². The number of halogens is 3. The van der Waals surface area contributed by atoms with Gasteiger partial charge in [-0.1, -0.05) is 29.4 Å². The minimum Gasteiger partial charge on any atom is -0.495 e. The number of amides is 1. The standard InChI is InChI=1S/C22H18F3N3O5/c1-31-17-8-3-2-7-16(17)26-19(29)12-18-27-20(33-28-18)13-32-21(30)10-9-14-5-4-6-15(11-14)22(23,24)25/h2-11H,12-13H2,1H3,(H,26,29)/b10-9+. The maximum absolute atomic E-state index is 12.7. The highest BCUT2D eigenvalue weighted by Crippen LogP contribution is 2.29. The van der Waals surface area contributed by atoms with Crippen LogP contribution in [0.15, 0.2) is 59.1 Å². The number of methoxy groups -OCH3 is 1. The number of hydrogen-bond acceptors (Lipinski definition) is 7. The molecule has 33 heavy (non-hydrogen) atoms. The average Bonchev–Trinajstić information content (AvgIpc) is 3.23. The van der Waals surface area contributed by atoms with Crippen LogP contribution in [-0.4, -0.2) is 29.1 Å². The molecule has 3 rings (SSSR count). The molecular formula is C22H18F3N3O5. The highest BCUT2D eigenvalue weighted by atomic mass is 19.4. The van der Waals surface area contributed by atoms with E-state index < -0.39 is 23.6 Å². The minimum atomic E-state index is -4.48. The zero-order valence-corrected chi connectivity index (χ0v) is 17.3. The first kappa shape index (κ1) is 23.5. The highest BCUT2D eigenvalue weighted by Gasteiger charge is 2.30. The van der Waals surface area contributed by atoms with E-state index in [4.69, 9.17) is 14.0 Å². The van der Waals surface area contributed by atoms with Crippen LogP contribution >= 0.6 is 0 Å². The van der Waals surface area contributed by atoms with Gasteiger partial charge in [0.25, 0.3) is 5.89 Å². The fraction of sp³-hybridized carbons (Fsp3) is 0.182. The second-order valence-electron chi connectivity index (χ2n) is 6.59. The maximum atomic E-state index is 12.7. The molecule has 1 heterocycles. The molecular weight excluding hydrogens is 443 g/mol. The Hall–Kier alpha value is -4.15. The number of esters is 1. The highest BCUT2D eigenvalue weighted by molar-refractivity contribution is 5.93. The predicted octanol–water partition coefficient (Wildman–Crippen LogP) is 4.03. The van der Waals surface area contributed by atoms with E-state index in [0.29, 0.717) is 11.4 Å². The third-order valence-corrected chi connectivity index (χ3v) is 4.17. The van der Waals surface area contributed by atoms with Gasteiger partial charge in [0, 0.05) is 6.08 Å². The number of nitrogens with zero attached hydrogens (tertiary/aromatic N) is 2. The summed E-state index contributed by atoms with van der Waals surface area (Å²) in [6, 6.07) is 11.3. The number of carbonyl (C=O) groups excluding carboxylic acids is 2. The number of carbonyl (C=O) groups is 2. The Morgan fingerprint density at radius 1 is 1.15 bits per heavy atom. The number of nitrogens with one attached hydrogen (secondary N) is 1. The molecule has 0 aliphatic heterocycles. The molecule has 172 valence electrons. The monoisotopic (exact) mass is 461 g/mol. The molecule has 1 aromatic heterocycles. The number of hydrogen-bond donors (Lipinski definition) is 1. The Balaban J connectivity index is 1.50. The first-order valence-corrected chi connectivity index (χ1v) is 9.51. The lowest BCUT2D eigenvalue weighted by molar-refractivity contribution is -0.139. The molecule has 0 radical (unpaired) electrons. The van der Waals surface area contributed by atoms with E-state index in [1.807, 2.05) is 0 Å². The number of benzene rings is 2. The van der Waals surface area contributed by atoms with Crippen molar-refractivity contribution >= 4 is 23.6 Å². The van der Waals surface area contributed by atoms with E-state index in [1.54, 1.807) is 24.3 Å². The van der Waals surface area contributed by atoms with Crippen molar-refractivity contribution in [3.63, 3.8) is 0 Å². The number of rotatable bonds is 8. The average molecular weight is 461 g/mol. The Morgan fingerprint density at radius 3 is 2.70 bits per heavy atom. The summed E-state index contributed by atoms with van der Waals surface area (Å²) >= 11 is 0. The zero-order chi connectivity index (χ0) is 23.8. The smallest absolute Gasteiger partial charge is 0.416 e. The summed E-state index contributed by atoms with van der Waals surface area (Å²) in [7, 11) is 1.48. The van der Waals surface area contributed by atoms with Crippen LogP contribution in [0.1, 0.15) is 22.8 Å². The molecule has 0 spiro atoms. The molecule has 0 unspecified atom stereocenters. The number of para-hydroxylation sites is 2. The van der Waals surface area contributed by atoms with Gasteiger partial charge in [0.15, 0.2) is 12.4 Å². The molecule has 3 aromatic rings. The van der Waals surface area contributed by atoms with Crippen LogP contribution in [-0.2, 0) is 33.5 Å². The van der Waals surface area contributed by atoms with E-state index in [2.05, 4.69) is 15.5 Å². The SMILES string of the molecule is COc1ccccc1NC(=O)Cc1noc(COC(=O)/C=C/c2cccc(C(F)(F)F)c2)n1. The van der Waals surface area contributed by atoms with Gasteiger partial charge in [-0.25, -0.2) is 4.79 Å². The molecule has 0 bridgehead atoms. The summed E-state index contributed by atoms with van der Waals surface area (Å²) in [6.07, 6.45) is -2.50. The van der Waals surface area contributed by atoms with Gasteiger partial charge >= 0.3 is 12.1 Å². The normalized spacial score (nSPS) is 11.4. The summed E-state index contributed by atoms with van der Waals surface area (Å²) in [5, 5.41) is 6.31. The Bertz CT molecular complexity index is 1160. The van der Waals surface area contributed by atoms with Crippen molar-refractivity contribution in [2.24, 2.45) is 0 Å². The molecule has 0 saturated heterocycles. The number of ether oxygens (including phenoxy) is 2. The van der Waals surface area contributed by atoms with Gasteiger partial charge in [-0.3, -0.25) is 4.79 Å². The molecule has 0 aliphatic rings. The Labute approximate surface area is 186 Å². The molecule has 0 fully saturated rings. The van der Waals surface area contributed by atoms with Gasteiger partial charge in [0.1, 0.15) is 5.75 Å². The quantitative estimate of drug-likeness (QED) is 0.399. The van der Waals surface area contributed by atoms with E-state index in [1.165, 1.54) is 25.3 Å². The van der Waals surface area contributed by atoms with E-state index in [0.717, 1.165) is 18.2 Å². The fourth-order valence-electron chi connectivity index (χ4n) is 2.67. The van der Waals surface area contributed by atoms with Crippen molar-refractivity contribution < 1.29 is 36.8 Å². The molecule has 1 N–H and O–H groups in total. The van der Waals surface area contributed by atoms with Crippen LogP contribution in [0.3, 0.4) is 0 Å². The third kappa shape index (κ3) is 6.92. The lowest BCUT2D eigenvalue weighted by atomic mass is 10.1. The maximum Gasteiger partial charge on any atom is 0.416 e. The summed E-state index contributed by atoms with van der Waals surface area (Å²) in [4.78, 5) is 28.0. The number of anilines is 1. The van der Waals surface area contributed by atoms with E-state index >= 15 is 0 Å². The topological polar surface area (TPSA) is 104 Å². The van der Waals surface area contributed by atoms with Gasteiger partial charge in [0.2, 0.25) is 5.91 Å². The fourth-order valence-corrected chi connectivity index (χ4v) is 2.67. The summed E-state index contributed by atoms with van der Waals surface area (Å²) in [6.45, 7) is -0.368. The van der Waals surface area contributed by atoms with Gasteiger partial charge in [-0.05, 0) is 35.9 Å². The molecule has 8 nitrogen and oxygen atoms in total. The van der Waals surface area contributed by atoms with E-state index in [9.17, 15) is 22.8 Å². The second-order valence-corrected chi connectivity index (χ2v) is 6.59. The van der Waals surface area contributed by atoms with Crippen molar-refractivity contribution in [1.82, 2.24) is 10.1 Å². The van der Waals surface area contributed by atoms with Crippen LogP contribution in [0, 0.1) is 0 Å². The van der Waals surface area contributed by atoms with Crippen molar-refractivity contribution in [3.05, 3.63) is 77.4 Å².